The van der Waals surface area contributed by atoms with Crippen LogP contribution in [0.2, 0.25) is 0 Å². The molecule has 0 spiro atoms. The van der Waals surface area contributed by atoms with Crippen molar-refractivity contribution in [2.45, 2.75) is 34.0 Å². The molecule has 2 saturated carbocycles. The molecule has 0 heterocycles. The normalized spacial score (nSPS) is 73.2. The first-order chi connectivity index (χ1) is 7.98. The van der Waals surface area contributed by atoms with Gasteiger partial charge in [-0.2, -0.15) is 0 Å². The summed E-state index contributed by atoms with van der Waals surface area (Å²) in [5.41, 5.74) is -2.71. The van der Waals surface area contributed by atoms with Gasteiger partial charge in [0.2, 0.25) is 0 Å². The molecule has 12 heavy (non-hydrogen) atoms. The molecule has 0 nitrogen and oxygen atoms in total. The third kappa shape index (κ3) is 0.341. The summed E-state index contributed by atoms with van der Waals surface area (Å²) in [6.07, 6.45) is 4.93. The molecule has 0 saturated heterocycles. The molecule has 0 heteroatoms. The highest BCUT2D eigenvalue weighted by molar-refractivity contribution is 5.41. The number of fused-ring (bicyclic) bond motifs is 4. The van der Waals surface area contributed by atoms with Gasteiger partial charge in [0.05, 0.1) is 0 Å². The topological polar surface area (TPSA) is 0 Å². The second kappa shape index (κ2) is 1.42. The minimum Gasteiger partial charge on any atom is -0.0879 e. The number of allylic oxidation sites excluding steroid dienone is 2. The van der Waals surface area contributed by atoms with Crippen molar-refractivity contribution < 1.29 is 8.22 Å². The molecule has 0 aromatic heterocycles. The minimum absolute atomic E-state index is 0.128. The smallest absolute Gasteiger partial charge is 0.0236 e. The van der Waals surface area contributed by atoms with E-state index in [9.17, 15) is 0 Å². The third-order valence-corrected chi connectivity index (χ3v) is 5.15. The second-order valence-corrected chi connectivity index (χ2v) is 4.95. The molecular formula is C12H18. The van der Waals surface area contributed by atoms with Crippen molar-refractivity contribution in [3.63, 3.8) is 0 Å². The van der Waals surface area contributed by atoms with Gasteiger partial charge in [0.15, 0.2) is 0 Å². The Morgan fingerprint density at radius 2 is 2.08 bits per heavy atom. The average Bonchev–Trinajstić information content (AvgIpc) is 2.52. The van der Waals surface area contributed by atoms with Crippen molar-refractivity contribution in [3.8, 4) is 0 Å². The lowest BCUT2D eigenvalue weighted by Crippen LogP contribution is -2.39. The van der Waals surface area contributed by atoms with Crippen LogP contribution in [0.4, 0.5) is 0 Å². The Morgan fingerprint density at radius 1 is 1.33 bits per heavy atom. The predicted molar refractivity (Wildman–Crippen MR) is 50.7 cm³/mol. The minimum atomic E-state index is -2.43. The van der Waals surface area contributed by atoms with Crippen LogP contribution in [-0.4, -0.2) is 0 Å². The van der Waals surface area contributed by atoms with Crippen LogP contribution in [0, 0.1) is 28.1 Å². The molecule has 3 aliphatic rings. The van der Waals surface area contributed by atoms with Gasteiger partial charge in [0.1, 0.15) is 0 Å². The van der Waals surface area contributed by atoms with Gasteiger partial charge in [-0.05, 0) is 34.5 Å². The lowest BCUT2D eigenvalue weighted by Gasteiger charge is -2.44. The molecule has 0 N–H and O–H groups in total. The first kappa shape index (κ1) is 3.48. The Hall–Kier alpha value is -0.260. The van der Waals surface area contributed by atoms with E-state index in [4.69, 9.17) is 8.22 Å². The highest BCUT2D eigenvalue weighted by Gasteiger charge is 2.89. The van der Waals surface area contributed by atoms with Gasteiger partial charge in [-0.3, -0.25) is 0 Å². The van der Waals surface area contributed by atoms with Crippen molar-refractivity contribution in [3.05, 3.63) is 12.2 Å². The van der Waals surface area contributed by atoms with Gasteiger partial charge >= 0.3 is 0 Å². The van der Waals surface area contributed by atoms with Gasteiger partial charge in [-0.1, -0.05) is 39.7 Å². The third-order valence-electron chi connectivity index (χ3n) is 5.15. The maximum absolute atomic E-state index is 7.83. The predicted octanol–water partition coefficient (Wildman–Crippen LogP) is 3.24. The fraction of sp³-hybridized carbons (Fsp3) is 0.833. The van der Waals surface area contributed by atoms with Gasteiger partial charge in [-0.25, -0.2) is 0 Å². The molecule has 0 unspecified atom stereocenters. The standard InChI is InChI=1S/C12H18/c1-10(2)11(3)8-6-5-7-9(8)12(10,11)4/h5-6,8-9H,7H2,1-4H3/t8-,9+,11-,12+/m0/s1/i1D3,2D3. The molecule has 0 aromatic carbocycles. The van der Waals surface area contributed by atoms with E-state index in [1.54, 1.807) is 0 Å². The lowest BCUT2D eigenvalue weighted by molar-refractivity contribution is 0.0513. The lowest BCUT2D eigenvalue weighted by atomic mass is 9.60. The summed E-state index contributed by atoms with van der Waals surface area (Å²) in [6, 6.07) is 0. The monoisotopic (exact) mass is 168 g/mol. The van der Waals surface area contributed by atoms with Crippen LogP contribution in [0.15, 0.2) is 12.2 Å². The molecule has 0 radical (unpaired) electrons. The Balaban J connectivity index is 2.20. The van der Waals surface area contributed by atoms with Gasteiger partial charge in [-0.15, -0.1) is 0 Å². The van der Waals surface area contributed by atoms with Crippen LogP contribution < -0.4 is 0 Å². The maximum atomic E-state index is 7.83. The molecule has 3 aliphatic carbocycles. The molecule has 4 atom stereocenters. The van der Waals surface area contributed by atoms with Crippen LogP contribution in [0.1, 0.15) is 42.2 Å². The fourth-order valence-corrected chi connectivity index (χ4v) is 3.97. The summed E-state index contributed by atoms with van der Waals surface area (Å²) in [7, 11) is 0. The molecule has 2 fully saturated rings. The zero-order valence-corrected chi connectivity index (χ0v) is 7.52. The summed E-state index contributed by atoms with van der Waals surface area (Å²) < 4.78 is 47.0. The molecular weight excluding hydrogens is 144 g/mol. The Kier molecular flexibility index (Phi) is 0.413. The zero-order chi connectivity index (χ0) is 13.8. The van der Waals surface area contributed by atoms with Crippen LogP contribution >= 0.6 is 0 Å². The summed E-state index contributed by atoms with van der Waals surface area (Å²) >= 11 is 0. The molecule has 0 aliphatic heterocycles. The average molecular weight is 168 g/mol. The molecule has 66 valence electrons. The Bertz CT molecular complexity index is 430. The van der Waals surface area contributed by atoms with Crippen LogP contribution in [-0.2, 0) is 0 Å². The zero-order valence-electron chi connectivity index (χ0n) is 13.5. The van der Waals surface area contributed by atoms with Crippen molar-refractivity contribution >= 4 is 0 Å². The Labute approximate surface area is 83.5 Å². The van der Waals surface area contributed by atoms with E-state index < -0.39 is 29.9 Å². The van der Waals surface area contributed by atoms with E-state index in [0.29, 0.717) is 0 Å². The van der Waals surface area contributed by atoms with E-state index in [-0.39, 0.29) is 11.8 Å². The van der Waals surface area contributed by atoms with Crippen LogP contribution in [0.25, 0.3) is 0 Å². The maximum Gasteiger partial charge on any atom is 0.0236 e. The highest BCUT2D eigenvalue weighted by Crippen LogP contribution is 2.94. The summed E-state index contributed by atoms with van der Waals surface area (Å²) in [5, 5.41) is 0. The molecule has 3 rings (SSSR count). The quantitative estimate of drug-likeness (QED) is 0.487. The van der Waals surface area contributed by atoms with Crippen molar-refractivity contribution in [1.29, 1.82) is 0 Å². The second-order valence-electron chi connectivity index (χ2n) is 4.95. The van der Waals surface area contributed by atoms with Crippen LogP contribution in [0.3, 0.4) is 0 Å². The van der Waals surface area contributed by atoms with E-state index in [2.05, 4.69) is 6.08 Å². The number of hydrogen-bond donors (Lipinski definition) is 0. The highest BCUT2D eigenvalue weighted by atomic mass is 14.9. The largest absolute Gasteiger partial charge is 0.0879 e. The first-order valence-corrected chi connectivity index (χ1v) is 4.64. The molecule has 0 aromatic rings. The van der Waals surface area contributed by atoms with E-state index in [1.165, 1.54) is 0 Å². The van der Waals surface area contributed by atoms with E-state index in [1.807, 2.05) is 19.9 Å². The molecule has 0 bridgehead atoms. The summed E-state index contributed by atoms with van der Waals surface area (Å²) in [4.78, 5) is 0. The fourth-order valence-electron chi connectivity index (χ4n) is 3.97. The summed E-state index contributed by atoms with van der Waals surface area (Å²) in [5.74, 6) is 0.326. The van der Waals surface area contributed by atoms with Gasteiger partial charge in [0.25, 0.3) is 0 Å². The SMILES string of the molecule is [2H]C([2H])([2H])C1(C([2H])([2H])[2H])[C@]2(C)[C@H]3C=CC[C@H]3[C@]12C. The van der Waals surface area contributed by atoms with Crippen LogP contribution in [0.5, 0.6) is 0 Å². The van der Waals surface area contributed by atoms with Crippen molar-refractivity contribution in [2.24, 2.45) is 28.1 Å². The number of hydrogen-bond acceptors (Lipinski definition) is 0. The number of rotatable bonds is 0. The summed E-state index contributed by atoms with van der Waals surface area (Å²) in [6.45, 7) is -1.12. The first-order valence-electron chi connectivity index (χ1n) is 7.64. The van der Waals surface area contributed by atoms with E-state index in [0.717, 1.165) is 6.42 Å². The van der Waals surface area contributed by atoms with Gasteiger partial charge in [0, 0.05) is 8.22 Å². The molecule has 0 amide bonds. The van der Waals surface area contributed by atoms with E-state index >= 15 is 0 Å². The van der Waals surface area contributed by atoms with Gasteiger partial charge < -0.3 is 0 Å². The Morgan fingerprint density at radius 3 is 2.67 bits per heavy atom. The van der Waals surface area contributed by atoms with Crippen molar-refractivity contribution in [1.82, 2.24) is 0 Å². The van der Waals surface area contributed by atoms with Crippen molar-refractivity contribution in [2.75, 3.05) is 0 Å².